The molecule has 7 nitrogen and oxygen atoms in total. The van der Waals surface area contributed by atoms with E-state index in [1.54, 1.807) is 17.0 Å². The maximum Gasteiger partial charge on any atom is 0.289 e. The molecular formula is C17H22N2O5. The number of rotatable bonds is 3. The number of hydrogen-bond acceptors (Lipinski definition) is 5. The van der Waals surface area contributed by atoms with E-state index >= 15 is 0 Å². The molecule has 3 saturated heterocycles. The summed E-state index contributed by atoms with van der Waals surface area (Å²) in [6, 6.07) is 3.38. The quantitative estimate of drug-likeness (QED) is 0.816. The molecule has 0 aliphatic carbocycles. The average Bonchev–Trinajstić information content (AvgIpc) is 3.23. The number of carbonyl (C=O) groups excluding carboxylic acids is 2. The number of nitrogens with zero attached hydrogens (tertiary/aromatic N) is 2. The van der Waals surface area contributed by atoms with Crippen LogP contribution in [0.15, 0.2) is 22.8 Å². The standard InChI is InChI=1S/C17H22N2O5/c20-15(18-3-6-22-7-4-18)8-13-9-17(24-10-13)11-19(12-17)16(21)14-2-1-5-23-14/h1-2,5,13H,3-4,6-12H2. The van der Waals surface area contributed by atoms with Crippen LogP contribution >= 0.6 is 0 Å². The Hall–Kier alpha value is -1.86. The van der Waals surface area contributed by atoms with Gasteiger partial charge in [-0.1, -0.05) is 0 Å². The van der Waals surface area contributed by atoms with E-state index in [0.717, 1.165) is 6.42 Å². The second-order valence-corrected chi connectivity index (χ2v) is 6.90. The first-order valence-corrected chi connectivity index (χ1v) is 8.47. The summed E-state index contributed by atoms with van der Waals surface area (Å²) in [5.74, 6) is 0.692. The van der Waals surface area contributed by atoms with E-state index in [4.69, 9.17) is 13.9 Å². The third kappa shape index (κ3) is 2.93. The lowest BCUT2D eigenvalue weighted by atomic mass is 9.85. The lowest BCUT2D eigenvalue weighted by Crippen LogP contribution is -2.63. The van der Waals surface area contributed by atoms with Crippen molar-refractivity contribution < 1.29 is 23.5 Å². The molecule has 1 atom stereocenters. The summed E-state index contributed by atoms with van der Waals surface area (Å²) in [6.07, 6.45) is 2.86. The predicted octanol–water partition coefficient (Wildman–Crippen LogP) is 0.760. The first kappa shape index (κ1) is 15.7. The van der Waals surface area contributed by atoms with Crippen LogP contribution in [0.5, 0.6) is 0 Å². The Labute approximate surface area is 140 Å². The van der Waals surface area contributed by atoms with E-state index in [2.05, 4.69) is 0 Å². The molecule has 3 aliphatic heterocycles. The summed E-state index contributed by atoms with van der Waals surface area (Å²) in [4.78, 5) is 28.2. The molecule has 1 unspecified atom stereocenters. The Balaban J connectivity index is 1.27. The topological polar surface area (TPSA) is 72.2 Å². The summed E-state index contributed by atoms with van der Waals surface area (Å²) < 4.78 is 16.4. The summed E-state index contributed by atoms with van der Waals surface area (Å²) in [5.41, 5.74) is -0.266. The number of carbonyl (C=O) groups is 2. The Bertz CT molecular complexity index is 603. The van der Waals surface area contributed by atoms with Gasteiger partial charge in [0.2, 0.25) is 5.91 Å². The molecule has 3 fully saturated rings. The fourth-order valence-corrected chi connectivity index (χ4v) is 3.83. The molecule has 0 N–H and O–H groups in total. The third-order valence-corrected chi connectivity index (χ3v) is 5.09. The van der Waals surface area contributed by atoms with E-state index < -0.39 is 0 Å². The van der Waals surface area contributed by atoms with Crippen LogP contribution in [-0.4, -0.2) is 73.2 Å². The SMILES string of the molecule is O=C(CC1COC2(C1)CN(C(=O)c1ccco1)C2)N1CCOCC1. The van der Waals surface area contributed by atoms with Crippen LogP contribution in [0.3, 0.4) is 0 Å². The van der Waals surface area contributed by atoms with Gasteiger partial charge in [0.1, 0.15) is 5.60 Å². The van der Waals surface area contributed by atoms with Crippen LogP contribution < -0.4 is 0 Å². The second kappa shape index (κ2) is 6.22. The number of ether oxygens (including phenoxy) is 2. The van der Waals surface area contributed by atoms with E-state index in [9.17, 15) is 9.59 Å². The van der Waals surface area contributed by atoms with Gasteiger partial charge in [-0.05, 0) is 24.5 Å². The Morgan fingerprint density at radius 3 is 2.71 bits per heavy atom. The molecule has 1 spiro atoms. The summed E-state index contributed by atoms with van der Waals surface area (Å²) >= 11 is 0. The second-order valence-electron chi connectivity index (χ2n) is 6.90. The van der Waals surface area contributed by atoms with Crippen molar-refractivity contribution in [3.8, 4) is 0 Å². The van der Waals surface area contributed by atoms with E-state index in [-0.39, 0.29) is 23.3 Å². The number of amides is 2. The zero-order valence-corrected chi connectivity index (χ0v) is 13.6. The number of morpholine rings is 1. The van der Waals surface area contributed by atoms with E-state index in [1.165, 1.54) is 6.26 Å². The molecule has 0 radical (unpaired) electrons. The highest BCUT2D eigenvalue weighted by Crippen LogP contribution is 2.39. The fourth-order valence-electron chi connectivity index (χ4n) is 3.83. The van der Waals surface area contributed by atoms with Crippen molar-refractivity contribution in [2.24, 2.45) is 5.92 Å². The van der Waals surface area contributed by atoms with Crippen LogP contribution in [0.2, 0.25) is 0 Å². The fraction of sp³-hybridized carbons (Fsp3) is 0.647. The van der Waals surface area contributed by atoms with Crippen molar-refractivity contribution in [3.05, 3.63) is 24.2 Å². The highest BCUT2D eigenvalue weighted by molar-refractivity contribution is 5.92. The van der Waals surface area contributed by atoms with Crippen molar-refractivity contribution in [2.45, 2.75) is 18.4 Å². The molecule has 4 rings (SSSR count). The van der Waals surface area contributed by atoms with Gasteiger partial charge in [-0.15, -0.1) is 0 Å². The minimum Gasteiger partial charge on any atom is -0.459 e. The van der Waals surface area contributed by atoms with Crippen molar-refractivity contribution in [1.29, 1.82) is 0 Å². The highest BCUT2D eigenvalue weighted by atomic mass is 16.5. The summed E-state index contributed by atoms with van der Waals surface area (Å²) in [6.45, 7) is 4.37. The summed E-state index contributed by atoms with van der Waals surface area (Å²) in [7, 11) is 0. The minimum absolute atomic E-state index is 0.0953. The molecule has 1 aromatic heterocycles. The van der Waals surface area contributed by atoms with Crippen molar-refractivity contribution in [1.82, 2.24) is 9.80 Å². The molecule has 0 aromatic carbocycles. The number of hydrogen-bond donors (Lipinski definition) is 0. The molecule has 7 heteroatoms. The molecule has 2 amide bonds. The highest BCUT2D eigenvalue weighted by Gasteiger charge is 2.52. The minimum atomic E-state index is -0.266. The van der Waals surface area contributed by atoms with Gasteiger partial charge in [0.15, 0.2) is 5.76 Å². The van der Waals surface area contributed by atoms with Crippen molar-refractivity contribution >= 4 is 11.8 Å². The van der Waals surface area contributed by atoms with E-state index in [0.29, 0.717) is 58.2 Å². The maximum absolute atomic E-state index is 12.3. The van der Waals surface area contributed by atoms with Gasteiger partial charge in [-0.25, -0.2) is 0 Å². The van der Waals surface area contributed by atoms with Crippen LogP contribution in [0, 0.1) is 5.92 Å². The molecule has 130 valence electrons. The van der Waals surface area contributed by atoms with Crippen LogP contribution in [0.25, 0.3) is 0 Å². The largest absolute Gasteiger partial charge is 0.459 e. The molecule has 3 aliphatic rings. The molecule has 4 heterocycles. The smallest absolute Gasteiger partial charge is 0.289 e. The van der Waals surface area contributed by atoms with Crippen LogP contribution in [-0.2, 0) is 14.3 Å². The van der Waals surface area contributed by atoms with Gasteiger partial charge in [-0.3, -0.25) is 9.59 Å². The Kier molecular flexibility index (Phi) is 4.05. The number of likely N-dealkylation sites (tertiary alicyclic amines) is 1. The van der Waals surface area contributed by atoms with Gasteiger partial charge in [0, 0.05) is 19.5 Å². The molecule has 1 aromatic rings. The molecule has 0 saturated carbocycles. The van der Waals surface area contributed by atoms with Crippen molar-refractivity contribution in [2.75, 3.05) is 46.0 Å². The van der Waals surface area contributed by atoms with E-state index in [1.807, 2.05) is 4.90 Å². The van der Waals surface area contributed by atoms with Gasteiger partial charge in [0.05, 0.1) is 39.2 Å². The summed E-state index contributed by atoms with van der Waals surface area (Å²) in [5, 5.41) is 0. The first-order chi connectivity index (χ1) is 11.7. The lowest BCUT2D eigenvalue weighted by Gasteiger charge is -2.46. The zero-order valence-electron chi connectivity index (χ0n) is 13.6. The Morgan fingerprint density at radius 2 is 2.00 bits per heavy atom. The third-order valence-electron chi connectivity index (χ3n) is 5.09. The zero-order chi connectivity index (χ0) is 16.6. The van der Waals surface area contributed by atoms with Gasteiger partial charge >= 0.3 is 0 Å². The van der Waals surface area contributed by atoms with Gasteiger partial charge in [0.25, 0.3) is 5.91 Å². The van der Waals surface area contributed by atoms with Gasteiger partial charge < -0.3 is 23.7 Å². The monoisotopic (exact) mass is 334 g/mol. The Morgan fingerprint density at radius 1 is 1.21 bits per heavy atom. The normalized spacial score (nSPS) is 25.8. The van der Waals surface area contributed by atoms with Crippen LogP contribution in [0.1, 0.15) is 23.4 Å². The van der Waals surface area contributed by atoms with Crippen LogP contribution in [0.4, 0.5) is 0 Å². The maximum atomic E-state index is 12.3. The number of furan rings is 1. The lowest BCUT2D eigenvalue weighted by molar-refractivity contribution is -0.136. The molecular weight excluding hydrogens is 312 g/mol. The molecule has 0 bridgehead atoms. The first-order valence-electron chi connectivity index (χ1n) is 8.47. The predicted molar refractivity (Wildman–Crippen MR) is 83.4 cm³/mol. The van der Waals surface area contributed by atoms with Gasteiger partial charge in [-0.2, -0.15) is 0 Å². The van der Waals surface area contributed by atoms with Crippen molar-refractivity contribution in [3.63, 3.8) is 0 Å². The average molecular weight is 334 g/mol. The molecule has 24 heavy (non-hydrogen) atoms.